The van der Waals surface area contributed by atoms with Gasteiger partial charge in [0.15, 0.2) is 0 Å². The molecule has 0 bridgehead atoms. The summed E-state index contributed by atoms with van der Waals surface area (Å²) in [6.07, 6.45) is 4.45. The number of imidazole rings is 1. The molecule has 1 saturated carbocycles. The Hall–Kier alpha value is -1.61. The van der Waals surface area contributed by atoms with Gasteiger partial charge in [-0.15, -0.1) is 0 Å². The van der Waals surface area contributed by atoms with Gasteiger partial charge in [0.05, 0.1) is 11.9 Å². The van der Waals surface area contributed by atoms with Crippen molar-refractivity contribution in [2.75, 3.05) is 13.6 Å². The lowest BCUT2D eigenvalue weighted by molar-refractivity contribution is 0.594. The topological polar surface area (TPSA) is 40.7 Å². The molecule has 0 spiro atoms. The van der Waals surface area contributed by atoms with E-state index in [9.17, 15) is 0 Å². The van der Waals surface area contributed by atoms with Gasteiger partial charge in [-0.3, -0.25) is 0 Å². The number of benzene rings is 1. The van der Waals surface area contributed by atoms with Crippen LogP contribution in [0, 0.1) is 20.8 Å². The number of nitrogens with one attached hydrogen (secondary N) is 2. The van der Waals surface area contributed by atoms with Gasteiger partial charge in [-0.2, -0.15) is 0 Å². The summed E-state index contributed by atoms with van der Waals surface area (Å²) in [5, 5.41) is 3.29. The summed E-state index contributed by atoms with van der Waals surface area (Å²) in [6, 6.07) is 4.39. The van der Waals surface area contributed by atoms with Gasteiger partial charge in [0.2, 0.25) is 0 Å². The minimum absolute atomic E-state index is 0.251. The van der Waals surface area contributed by atoms with E-state index in [1.54, 1.807) is 0 Å². The summed E-state index contributed by atoms with van der Waals surface area (Å²) >= 11 is 0. The van der Waals surface area contributed by atoms with Crippen molar-refractivity contribution in [3.05, 3.63) is 40.8 Å². The molecule has 1 heterocycles. The molecule has 1 aromatic heterocycles. The standard InChI is InChI=1S/C17H23N3/c1-11-5-6-14(13(3)12(11)2)15-9-19-16(20-15)17(7-8-17)10-18-4/h5-6,9,18H,7-8,10H2,1-4H3,(H,19,20). The van der Waals surface area contributed by atoms with Crippen LogP contribution in [-0.4, -0.2) is 23.6 Å². The molecule has 0 atom stereocenters. The molecule has 106 valence electrons. The average Bonchev–Trinajstić information content (AvgIpc) is 3.04. The molecule has 3 nitrogen and oxygen atoms in total. The Bertz CT molecular complexity index is 636. The zero-order valence-electron chi connectivity index (χ0n) is 12.8. The normalized spacial score (nSPS) is 16.4. The molecular formula is C17H23N3. The van der Waals surface area contributed by atoms with Gasteiger partial charge in [0, 0.05) is 17.5 Å². The lowest BCUT2D eigenvalue weighted by Gasteiger charge is -2.12. The number of rotatable bonds is 4. The molecule has 1 aliphatic carbocycles. The van der Waals surface area contributed by atoms with Crippen LogP contribution in [0.2, 0.25) is 0 Å². The van der Waals surface area contributed by atoms with Crippen LogP contribution in [0.3, 0.4) is 0 Å². The molecule has 1 aromatic carbocycles. The van der Waals surface area contributed by atoms with E-state index in [4.69, 9.17) is 0 Å². The van der Waals surface area contributed by atoms with Crippen LogP contribution in [0.25, 0.3) is 11.3 Å². The van der Waals surface area contributed by atoms with E-state index in [1.165, 1.54) is 35.1 Å². The molecule has 3 heteroatoms. The molecule has 0 saturated heterocycles. The highest BCUT2D eigenvalue weighted by molar-refractivity contribution is 5.65. The van der Waals surface area contributed by atoms with E-state index < -0.39 is 0 Å². The summed E-state index contributed by atoms with van der Waals surface area (Å²) in [7, 11) is 2.01. The molecular weight excluding hydrogens is 246 g/mol. The highest BCUT2D eigenvalue weighted by Gasteiger charge is 2.46. The van der Waals surface area contributed by atoms with Gasteiger partial charge in [-0.05, 0) is 57.4 Å². The molecule has 0 aliphatic heterocycles. The van der Waals surface area contributed by atoms with E-state index >= 15 is 0 Å². The zero-order valence-corrected chi connectivity index (χ0v) is 12.8. The van der Waals surface area contributed by atoms with Crippen LogP contribution >= 0.6 is 0 Å². The monoisotopic (exact) mass is 269 g/mol. The number of aromatic nitrogens is 2. The lowest BCUT2D eigenvalue weighted by atomic mass is 9.97. The number of aryl methyl sites for hydroxylation is 1. The van der Waals surface area contributed by atoms with Crippen LogP contribution in [0.5, 0.6) is 0 Å². The highest BCUT2D eigenvalue weighted by Crippen LogP contribution is 2.46. The Kier molecular flexibility index (Phi) is 3.17. The van der Waals surface area contributed by atoms with Crippen LogP contribution in [0.4, 0.5) is 0 Å². The first-order valence-electron chi connectivity index (χ1n) is 7.35. The number of likely N-dealkylation sites (N-methyl/N-ethyl adjacent to an activating group) is 1. The smallest absolute Gasteiger partial charge is 0.114 e. The summed E-state index contributed by atoms with van der Waals surface area (Å²) in [5.74, 6) is 1.14. The van der Waals surface area contributed by atoms with Crippen LogP contribution in [-0.2, 0) is 5.41 Å². The van der Waals surface area contributed by atoms with E-state index in [0.717, 1.165) is 18.1 Å². The molecule has 1 fully saturated rings. The largest absolute Gasteiger partial charge is 0.341 e. The lowest BCUT2D eigenvalue weighted by Crippen LogP contribution is -2.24. The SMILES string of the molecule is CNCC1(c2ncc(-c3ccc(C)c(C)c3C)[nH]2)CC1. The third-order valence-electron chi connectivity index (χ3n) is 4.80. The molecule has 0 unspecified atom stereocenters. The van der Waals surface area contributed by atoms with Gasteiger partial charge >= 0.3 is 0 Å². The van der Waals surface area contributed by atoms with Crippen LogP contribution in [0.1, 0.15) is 35.4 Å². The summed E-state index contributed by atoms with van der Waals surface area (Å²) < 4.78 is 0. The summed E-state index contributed by atoms with van der Waals surface area (Å²) in [4.78, 5) is 8.20. The van der Waals surface area contributed by atoms with Crippen molar-refractivity contribution < 1.29 is 0 Å². The van der Waals surface area contributed by atoms with Crippen LogP contribution in [0.15, 0.2) is 18.3 Å². The second-order valence-electron chi connectivity index (χ2n) is 6.14. The highest BCUT2D eigenvalue weighted by atomic mass is 15.0. The van der Waals surface area contributed by atoms with Crippen LogP contribution < -0.4 is 5.32 Å². The van der Waals surface area contributed by atoms with Crippen molar-refractivity contribution >= 4 is 0 Å². The van der Waals surface area contributed by atoms with Gasteiger partial charge in [-0.1, -0.05) is 12.1 Å². The second kappa shape index (κ2) is 4.74. The Morgan fingerprint density at radius 1 is 1.20 bits per heavy atom. The first-order valence-corrected chi connectivity index (χ1v) is 7.35. The summed E-state index contributed by atoms with van der Waals surface area (Å²) in [5.41, 5.74) is 6.73. The summed E-state index contributed by atoms with van der Waals surface area (Å²) in [6.45, 7) is 7.55. The Labute approximate surface area is 120 Å². The fraction of sp³-hybridized carbons (Fsp3) is 0.471. The molecule has 1 aliphatic rings. The van der Waals surface area contributed by atoms with Gasteiger partial charge in [0.1, 0.15) is 5.82 Å². The third-order valence-corrected chi connectivity index (χ3v) is 4.80. The second-order valence-corrected chi connectivity index (χ2v) is 6.14. The quantitative estimate of drug-likeness (QED) is 0.894. The van der Waals surface area contributed by atoms with Crippen molar-refractivity contribution in [1.82, 2.24) is 15.3 Å². The first kappa shape index (κ1) is 13.4. The Morgan fingerprint density at radius 3 is 2.60 bits per heavy atom. The van der Waals surface area contributed by atoms with E-state index in [0.29, 0.717) is 0 Å². The van der Waals surface area contributed by atoms with E-state index in [2.05, 4.69) is 48.2 Å². The maximum Gasteiger partial charge on any atom is 0.114 e. The molecule has 0 amide bonds. The van der Waals surface area contributed by atoms with Gasteiger partial charge in [-0.25, -0.2) is 4.98 Å². The average molecular weight is 269 g/mol. The number of nitrogens with zero attached hydrogens (tertiary/aromatic N) is 1. The zero-order chi connectivity index (χ0) is 14.3. The molecule has 2 N–H and O–H groups in total. The molecule has 0 radical (unpaired) electrons. The predicted molar refractivity (Wildman–Crippen MR) is 83.1 cm³/mol. The van der Waals surface area contributed by atoms with Crippen molar-refractivity contribution in [3.8, 4) is 11.3 Å². The fourth-order valence-electron chi connectivity index (χ4n) is 2.96. The minimum Gasteiger partial charge on any atom is -0.341 e. The van der Waals surface area contributed by atoms with E-state index in [-0.39, 0.29) is 5.41 Å². The predicted octanol–water partition coefficient (Wildman–Crippen LogP) is 3.25. The van der Waals surface area contributed by atoms with Crippen molar-refractivity contribution in [2.45, 2.75) is 39.0 Å². The number of H-pyrrole nitrogens is 1. The molecule has 2 aromatic rings. The maximum absolute atomic E-state index is 4.64. The van der Waals surface area contributed by atoms with Gasteiger partial charge < -0.3 is 10.3 Å². The third kappa shape index (κ3) is 2.06. The van der Waals surface area contributed by atoms with E-state index in [1.807, 2.05) is 13.2 Å². The van der Waals surface area contributed by atoms with Crippen molar-refractivity contribution in [2.24, 2.45) is 0 Å². The first-order chi connectivity index (χ1) is 9.57. The fourth-order valence-corrected chi connectivity index (χ4v) is 2.96. The Balaban J connectivity index is 1.97. The number of hydrogen-bond donors (Lipinski definition) is 2. The number of aromatic amines is 1. The minimum atomic E-state index is 0.251. The maximum atomic E-state index is 4.64. The van der Waals surface area contributed by atoms with Gasteiger partial charge in [0.25, 0.3) is 0 Å². The molecule has 3 rings (SSSR count). The van der Waals surface area contributed by atoms with Crippen molar-refractivity contribution in [3.63, 3.8) is 0 Å². The Morgan fingerprint density at radius 2 is 1.95 bits per heavy atom. The van der Waals surface area contributed by atoms with Crippen molar-refractivity contribution in [1.29, 1.82) is 0 Å². The number of hydrogen-bond acceptors (Lipinski definition) is 2. The molecule has 20 heavy (non-hydrogen) atoms.